The topological polar surface area (TPSA) is 67.4 Å². The van der Waals surface area contributed by atoms with Gasteiger partial charge < -0.3 is 15.4 Å². The lowest BCUT2D eigenvalue weighted by molar-refractivity contribution is -0.128. The number of amides is 2. The van der Waals surface area contributed by atoms with Gasteiger partial charge in [0.25, 0.3) is 5.91 Å². The van der Waals surface area contributed by atoms with Gasteiger partial charge in [0.15, 0.2) is 0 Å². The van der Waals surface area contributed by atoms with E-state index in [-0.39, 0.29) is 17.9 Å². The molecule has 6 heteroatoms. The molecule has 0 aromatic heterocycles. The zero-order valence-corrected chi connectivity index (χ0v) is 18.4. The highest BCUT2D eigenvalue weighted by Gasteiger charge is 2.41. The maximum absolute atomic E-state index is 13.3. The number of hydrogen-bond acceptors (Lipinski definition) is 3. The Kier molecular flexibility index (Phi) is 6.93. The summed E-state index contributed by atoms with van der Waals surface area (Å²) in [5, 5.41) is 6.47. The Bertz CT molecular complexity index is 917. The Morgan fingerprint density at radius 3 is 2.42 bits per heavy atom. The van der Waals surface area contributed by atoms with Crippen LogP contribution in [0.15, 0.2) is 48.5 Å². The molecule has 0 unspecified atom stereocenters. The predicted molar refractivity (Wildman–Crippen MR) is 123 cm³/mol. The fourth-order valence-corrected chi connectivity index (χ4v) is 4.92. The second-order valence-corrected chi connectivity index (χ2v) is 8.91. The van der Waals surface area contributed by atoms with Crippen LogP contribution in [-0.2, 0) is 14.9 Å². The molecule has 2 N–H and O–H groups in total. The van der Waals surface area contributed by atoms with Gasteiger partial charge in [0.2, 0.25) is 5.91 Å². The van der Waals surface area contributed by atoms with Crippen molar-refractivity contribution in [3.05, 3.63) is 64.7 Å². The molecule has 0 radical (unpaired) electrons. The van der Waals surface area contributed by atoms with E-state index in [9.17, 15) is 9.59 Å². The summed E-state index contributed by atoms with van der Waals surface area (Å²) in [6, 6.07) is 14.6. The van der Waals surface area contributed by atoms with Crippen molar-refractivity contribution in [1.29, 1.82) is 0 Å². The van der Waals surface area contributed by atoms with Crippen LogP contribution in [0, 0.1) is 0 Å². The molecular formula is C25H29ClN2O3. The van der Waals surface area contributed by atoms with Gasteiger partial charge in [-0.15, -0.1) is 0 Å². The summed E-state index contributed by atoms with van der Waals surface area (Å²) in [6.07, 6.45) is 7.13. The second kappa shape index (κ2) is 9.84. The highest BCUT2D eigenvalue weighted by molar-refractivity contribution is 6.34. The number of carbonyl (C=O) groups is 2. The van der Waals surface area contributed by atoms with Crippen molar-refractivity contribution in [1.82, 2.24) is 5.32 Å². The van der Waals surface area contributed by atoms with Crippen LogP contribution in [-0.4, -0.2) is 31.1 Å². The smallest absolute Gasteiger partial charge is 0.257 e. The van der Waals surface area contributed by atoms with E-state index in [0.717, 1.165) is 57.1 Å². The minimum Gasteiger partial charge on any atom is -0.376 e. The van der Waals surface area contributed by atoms with E-state index in [1.807, 2.05) is 24.3 Å². The Morgan fingerprint density at radius 2 is 1.74 bits per heavy atom. The molecule has 164 valence electrons. The van der Waals surface area contributed by atoms with Gasteiger partial charge >= 0.3 is 0 Å². The van der Waals surface area contributed by atoms with E-state index in [1.54, 1.807) is 24.3 Å². The van der Waals surface area contributed by atoms with Gasteiger partial charge in [0.05, 0.1) is 22.1 Å². The summed E-state index contributed by atoms with van der Waals surface area (Å²) in [5.41, 5.74) is 1.61. The summed E-state index contributed by atoms with van der Waals surface area (Å²) < 4.78 is 5.66. The maximum Gasteiger partial charge on any atom is 0.257 e. The van der Waals surface area contributed by atoms with Crippen molar-refractivity contribution >= 4 is 29.1 Å². The summed E-state index contributed by atoms with van der Waals surface area (Å²) in [7, 11) is 0. The average Bonchev–Trinajstić information content (AvgIpc) is 3.32. The fourth-order valence-electron chi connectivity index (χ4n) is 4.70. The number of ether oxygens (including phenoxy) is 1. The first-order chi connectivity index (χ1) is 15.1. The molecule has 0 spiro atoms. The van der Waals surface area contributed by atoms with Crippen LogP contribution in [0.25, 0.3) is 0 Å². The molecule has 2 fully saturated rings. The zero-order chi connectivity index (χ0) is 21.7. The number of nitrogens with one attached hydrogen (secondary N) is 2. The van der Waals surface area contributed by atoms with Crippen molar-refractivity contribution in [2.75, 3.05) is 18.5 Å². The van der Waals surface area contributed by atoms with Gasteiger partial charge in [-0.3, -0.25) is 9.59 Å². The summed E-state index contributed by atoms with van der Waals surface area (Å²) in [6.45, 7) is 1.36. The maximum atomic E-state index is 13.3. The monoisotopic (exact) mass is 440 g/mol. The third kappa shape index (κ3) is 4.94. The van der Waals surface area contributed by atoms with Gasteiger partial charge in [-0.25, -0.2) is 0 Å². The standard InChI is InChI=1S/C25H29ClN2O3/c26-22-9-3-2-8-21(22)23(29)28-19-12-10-18(11-13-19)25(14-4-1-5-15-25)24(30)27-17-20-7-6-16-31-20/h2-3,8-13,20H,1,4-7,14-17H2,(H,27,30)(H,28,29)/t20-/m0/s1. The molecule has 5 nitrogen and oxygen atoms in total. The number of hydrogen-bond donors (Lipinski definition) is 2. The Hall–Kier alpha value is -2.37. The zero-order valence-electron chi connectivity index (χ0n) is 17.7. The van der Waals surface area contributed by atoms with Crippen LogP contribution in [0.4, 0.5) is 5.69 Å². The van der Waals surface area contributed by atoms with Crippen molar-refractivity contribution in [3.8, 4) is 0 Å². The lowest BCUT2D eigenvalue weighted by Crippen LogP contribution is -2.47. The van der Waals surface area contributed by atoms with Gasteiger partial charge in [0.1, 0.15) is 0 Å². The third-order valence-corrected chi connectivity index (χ3v) is 6.80. The number of halogens is 1. The third-order valence-electron chi connectivity index (χ3n) is 6.47. The van der Waals surface area contributed by atoms with E-state index in [4.69, 9.17) is 16.3 Å². The van der Waals surface area contributed by atoms with E-state index < -0.39 is 5.41 Å². The van der Waals surface area contributed by atoms with Gasteiger partial charge in [-0.1, -0.05) is 55.1 Å². The number of anilines is 1. The lowest BCUT2D eigenvalue weighted by atomic mass is 9.68. The fraction of sp³-hybridized carbons (Fsp3) is 0.440. The average molecular weight is 441 g/mol. The van der Waals surface area contributed by atoms with Crippen LogP contribution in [0.3, 0.4) is 0 Å². The normalized spacial score (nSPS) is 20.2. The van der Waals surface area contributed by atoms with E-state index in [0.29, 0.717) is 22.8 Å². The lowest BCUT2D eigenvalue weighted by Gasteiger charge is -2.36. The highest BCUT2D eigenvalue weighted by Crippen LogP contribution is 2.40. The summed E-state index contributed by atoms with van der Waals surface area (Å²) in [4.78, 5) is 25.8. The molecule has 1 aliphatic carbocycles. The van der Waals surface area contributed by atoms with Crippen molar-refractivity contribution in [3.63, 3.8) is 0 Å². The second-order valence-electron chi connectivity index (χ2n) is 8.50. The van der Waals surface area contributed by atoms with E-state index in [1.165, 1.54) is 0 Å². The first-order valence-corrected chi connectivity index (χ1v) is 11.5. The van der Waals surface area contributed by atoms with Crippen LogP contribution >= 0.6 is 11.6 Å². The molecule has 1 saturated carbocycles. The molecule has 1 aliphatic heterocycles. The largest absolute Gasteiger partial charge is 0.376 e. The molecular weight excluding hydrogens is 412 g/mol. The predicted octanol–water partition coefficient (Wildman–Crippen LogP) is 5.09. The quantitative estimate of drug-likeness (QED) is 0.657. The van der Waals surface area contributed by atoms with Crippen LogP contribution < -0.4 is 10.6 Å². The molecule has 0 bridgehead atoms. The molecule has 2 aromatic rings. The minimum absolute atomic E-state index is 0.0931. The van der Waals surface area contributed by atoms with Crippen molar-refractivity contribution < 1.29 is 14.3 Å². The van der Waals surface area contributed by atoms with E-state index in [2.05, 4.69) is 10.6 Å². The minimum atomic E-state index is -0.512. The van der Waals surface area contributed by atoms with Crippen molar-refractivity contribution in [2.45, 2.75) is 56.5 Å². The molecule has 1 atom stereocenters. The van der Waals surface area contributed by atoms with Crippen molar-refractivity contribution in [2.24, 2.45) is 0 Å². The van der Waals surface area contributed by atoms with Gasteiger partial charge in [0, 0.05) is 18.8 Å². The molecule has 1 saturated heterocycles. The Labute approximate surface area is 188 Å². The Balaban J connectivity index is 1.48. The first kappa shape index (κ1) is 21.8. The number of carbonyl (C=O) groups excluding carboxylic acids is 2. The summed E-state index contributed by atoms with van der Waals surface area (Å²) in [5.74, 6) is -0.157. The van der Waals surface area contributed by atoms with Gasteiger partial charge in [-0.2, -0.15) is 0 Å². The Morgan fingerprint density at radius 1 is 1.00 bits per heavy atom. The van der Waals surface area contributed by atoms with Gasteiger partial charge in [-0.05, 0) is 55.5 Å². The highest BCUT2D eigenvalue weighted by atomic mass is 35.5. The molecule has 2 amide bonds. The molecule has 2 aromatic carbocycles. The summed E-state index contributed by atoms with van der Waals surface area (Å²) >= 11 is 6.13. The first-order valence-electron chi connectivity index (χ1n) is 11.1. The van der Waals surface area contributed by atoms with Crippen LogP contribution in [0.1, 0.15) is 60.9 Å². The molecule has 31 heavy (non-hydrogen) atoms. The number of rotatable bonds is 6. The van der Waals surface area contributed by atoms with Crippen LogP contribution in [0.5, 0.6) is 0 Å². The molecule has 4 rings (SSSR count). The molecule has 2 aliphatic rings. The number of benzene rings is 2. The SMILES string of the molecule is O=C(Nc1ccc(C2(C(=O)NC[C@@H]3CCCO3)CCCCC2)cc1)c1ccccc1Cl. The van der Waals surface area contributed by atoms with E-state index >= 15 is 0 Å². The van der Waals surface area contributed by atoms with Crippen LogP contribution in [0.2, 0.25) is 5.02 Å². The molecule has 1 heterocycles.